The maximum absolute atomic E-state index is 12.3. The van der Waals surface area contributed by atoms with Gasteiger partial charge in [-0.05, 0) is 29.0 Å². The minimum absolute atomic E-state index is 0.257. The first-order valence-electron chi connectivity index (χ1n) is 8.18. The summed E-state index contributed by atoms with van der Waals surface area (Å²) in [6.45, 7) is 4.45. The average molecular weight is 377 g/mol. The maximum Gasteiger partial charge on any atom is 0.272 e. The van der Waals surface area contributed by atoms with Gasteiger partial charge in [-0.25, -0.2) is 0 Å². The molecule has 0 saturated carbocycles. The van der Waals surface area contributed by atoms with Crippen LogP contribution < -0.4 is 4.80 Å². The Morgan fingerprint density at radius 2 is 2.04 bits per heavy atom. The van der Waals surface area contributed by atoms with E-state index < -0.39 is 0 Å². The number of rotatable bonds is 4. The van der Waals surface area contributed by atoms with Crippen molar-refractivity contribution in [3.8, 4) is 0 Å². The van der Waals surface area contributed by atoms with Crippen molar-refractivity contribution >= 4 is 55.6 Å². The Labute approximate surface area is 158 Å². The molecule has 5 heteroatoms. The van der Waals surface area contributed by atoms with E-state index in [1.54, 1.807) is 28.7 Å². The molecule has 2 aromatic heterocycles. The highest BCUT2D eigenvalue weighted by Crippen LogP contribution is 2.27. The van der Waals surface area contributed by atoms with E-state index in [0.29, 0.717) is 11.3 Å². The molecular formula is C21H16N2OS2. The Morgan fingerprint density at radius 1 is 1.15 bits per heavy atom. The van der Waals surface area contributed by atoms with Crippen LogP contribution in [0, 0.1) is 0 Å². The number of amides is 1. The van der Waals surface area contributed by atoms with E-state index in [9.17, 15) is 4.79 Å². The summed E-state index contributed by atoms with van der Waals surface area (Å²) in [7, 11) is 0. The zero-order valence-electron chi connectivity index (χ0n) is 14.0. The number of fused-ring (bicyclic) bond motifs is 3. The minimum atomic E-state index is -0.257. The van der Waals surface area contributed by atoms with Gasteiger partial charge in [-0.1, -0.05) is 53.8 Å². The zero-order chi connectivity index (χ0) is 17.9. The van der Waals surface area contributed by atoms with Gasteiger partial charge in [-0.15, -0.1) is 17.9 Å². The number of hydrogen-bond donors (Lipinski definition) is 0. The third-order valence-electron chi connectivity index (χ3n) is 4.02. The first kappa shape index (κ1) is 16.7. The standard InChI is InChI=1S/C21H16N2OS2/c1-2-13-23-18-11-9-15-6-3-4-8-17(15)20(18)26-21(23)22-19(24)12-10-16-7-5-14-25-16/h2-12,14H,1,13H2/b12-10+,22-21?. The number of carbonyl (C=O) groups is 1. The largest absolute Gasteiger partial charge is 0.312 e. The predicted octanol–water partition coefficient (Wildman–Crippen LogP) is 5.24. The van der Waals surface area contributed by atoms with Gasteiger partial charge >= 0.3 is 0 Å². The van der Waals surface area contributed by atoms with E-state index in [4.69, 9.17) is 0 Å². The van der Waals surface area contributed by atoms with Crippen LogP contribution in [0.5, 0.6) is 0 Å². The number of thiophene rings is 1. The van der Waals surface area contributed by atoms with Gasteiger partial charge in [0.25, 0.3) is 5.91 Å². The predicted molar refractivity (Wildman–Crippen MR) is 111 cm³/mol. The summed E-state index contributed by atoms with van der Waals surface area (Å²) in [5.74, 6) is -0.257. The number of nitrogens with zero attached hydrogens (tertiary/aromatic N) is 2. The molecule has 0 N–H and O–H groups in total. The van der Waals surface area contributed by atoms with Crippen molar-refractivity contribution < 1.29 is 4.79 Å². The van der Waals surface area contributed by atoms with Gasteiger partial charge in [0.2, 0.25) is 0 Å². The topological polar surface area (TPSA) is 34.4 Å². The lowest BCUT2D eigenvalue weighted by molar-refractivity contribution is -0.113. The smallest absolute Gasteiger partial charge is 0.272 e. The van der Waals surface area contributed by atoms with Crippen molar-refractivity contribution in [2.24, 2.45) is 4.99 Å². The van der Waals surface area contributed by atoms with E-state index in [2.05, 4.69) is 35.8 Å². The van der Waals surface area contributed by atoms with Crippen molar-refractivity contribution in [2.45, 2.75) is 6.54 Å². The number of carbonyl (C=O) groups excluding carboxylic acids is 1. The second-order valence-corrected chi connectivity index (χ2v) is 7.67. The number of aromatic nitrogens is 1. The number of hydrogen-bond acceptors (Lipinski definition) is 3. The molecule has 0 bridgehead atoms. The molecule has 128 valence electrons. The molecule has 0 saturated heterocycles. The molecule has 0 fully saturated rings. The third kappa shape index (κ3) is 3.19. The van der Waals surface area contributed by atoms with Crippen LogP contribution in [0.4, 0.5) is 0 Å². The fourth-order valence-electron chi connectivity index (χ4n) is 2.86. The summed E-state index contributed by atoms with van der Waals surface area (Å²) in [6.07, 6.45) is 5.15. The van der Waals surface area contributed by atoms with Gasteiger partial charge in [-0.2, -0.15) is 4.99 Å². The van der Waals surface area contributed by atoms with Crippen LogP contribution in [0.25, 0.3) is 27.1 Å². The Morgan fingerprint density at radius 3 is 2.85 bits per heavy atom. The summed E-state index contributed by atoms with van der Waals surface area (Å²) in [5.41, 5.74) is 1.07. The molecule has 4 rings (SSSR count). The van der Waals surface area contributed by atoms with Gasteiger partial charge < -0.3 is 4.57 Å². The summed E-state index contributed by atoms with van der Waals surface area (Å²) in [4.78, 5) is 18.4. The number of benzene rings is 2. The van der Waals surface area contributed by atoms with E-state index in [0.717, 1.165) is 15.1 Å². The summed E-state index contributed by atoms with van der Waals surface area (Å²) in [5, 5.41) is 4.34. The first-order valence-corrected chi connectivity index (χ1v) is 9.88. The van der Waals surface area contributed by atoms with Crippen molar-refractivity contribution in [3.05, 3.63) is 82.3 Å². The molecule has 26 heavy (non-hydrogen) atoms. The fourth-order valence-corrected chi connectivity index (χ4v) is 4.66. The molecule has 0 aliphatic carbocycles. The third-order valence-corrected chi connectivity index (χ3v) is 5.99. The molecule has 2 heterocycles. The Hall–Kier alpha value is -2.76. The van der Waals surface area contributed by atoms with Crippen molar-refractivity contribution in [1.29, 1.82) is 0 Å². The Kier molecular flexibility index (Phi) is 4.65. The fraction of sp³-hybridized carbons (Fsp3) is 0.0476. The first-order chi connectivity index (χ1) is 12.8. The van der Waals surface area contributed by atoms with E-state index >= 15 is 0 Å². The van der Waals surface area contributed by atoms with Crippen LogP contribution in [-0.4, -0.2) is 10.5 Å². The quantitative estimate of drug-likeness (QED) is 0.354. The van der Waals surface area contributed by atoms with Gasteiger partial charge in [0.05, 0.1) is 10.2 Å². The average Bonchev–Trinajstić information content (AvgIpc) is 3.29. The number of thiazole rings is 1. The monoisotopic (exact) mass is 376 g/mol. The zero-order valence-corrected chi connectivity index (χ0v) is 15.6. The van der Waals surface area contributed by atoms with Crippen LogP contribution in [0.2, 0.25) is 0 Å². The van der Waals surface area contributed by atoms with E-state index in [1.165, 1.54) is 16.8 Å². The molecule has 0 radical (unpaired) electrons. The summed E-state index contributed by atoms with van der Waals surface area (Å²) in [6, 6.07) is 16.4. The van der Waals surface area contributed by atoms with Gasteiger partial charge in [0.1, 0.15) is 0 Å². The van der Waals surface area contributed by atoms with Crippen molar-refractivity contribution in [3.63, 3.8) is 0 Å². The highest BCUT2D eigenvalue weighted by atomic mass is 32.1. The Balaban J connectivity index is 1.85. The molecule has 4 aromatic rings. The molecule has 3 nitrogen and oxygen atoms in total. The lowest BCUT2D eigenvalue weighted by Gasteiger charge is -2.02. The lowest BCUT2D eigenvalue weighted by Crippen LogP contribution is -2.15. The molecule has 0 unspecified atom stereocenters. The molecule has 1 amide bonds. The summed E-state index contributed by atoms with van der Waals surface area (Å²) < 4.78 is 3.18. The van der Waals surface area contributed by atoms with E-state index in [1.807, 2.05) is 40.3 Å². The highest BCUT2D eigenvalue weighted by molar-refractivity contribution is 7.17. The lowest BCUT2D eigenvalue weighted by atomic mass is 10.1. The normalized spacial score (nSPS) is 12.4. The molecule has 0 aliphatic rings. The van der Waals surface area contributed by atoms with Crippen molar-refractivity contribution in [2.75, 3.05) is 0 Å². The molecule has 0 spiro atoms. The molecule has 0 aliphatic heterocycles. The van der Waals surface area contributed by atoms with Crippen LogP contribution >= 0.6 is 22.7 Å². The van der Waals surface area contributed by atoms with Gasteiger partial charge in [-0.3, -0.25) is 4.79 Å². The van der Waals surface area contributed by atoms with E-state index in [-0.39, 0.29) is 5.91 Å². The van der Waals surface area contributed by atoms with Gasteiger partial charge in [0.15, 0.2) is 4.80 Å². The van der Waals surface area contributed by atoms with Crippen LogP contribution in [-0.2, 0) is 11.3 Å². The van der Waals surface area contributed by atoms with Crippen molar-refractivity contribution in [1.82, 2.24) is 4.57 Å². The highest BCUT2D eigenvalue weighted by Gasteiger charge is 2.09. The van der Waals surface area contributed by atoms with Crippen LogP contribution in [0.3, 0.4) is 0 Å². The van der Waals surface area contributed by atoms with Crippen LogP contribution in [0.1, 0.15) is 4.88 Å². The molecule has 2 aromatic carbocycles. The maximum atomic E-state index is 12.3. The van der Waals surface area contributed by atoms with Crippen LogP contribution in [0.15, 0.2) is 77.6 Å². The Bertz CT molecular complexity index is 1190. The molecule has 0 atom stereocenters. The second kappa shape index (κ2) is 7.23. The second-order valence-electron chi connectivity index (χ2n) is 5.72. The summed E-state index contributed by atoms with van der Waals surface area (Å²) >= 11 is 3.13. The van der Waals surface area contributed by atoms with Gasteiger partial charge in [0, 0.05) is 22.9 Å². The SMILES string of the molecule is C=CCn1c(=NC(=O)/C=C/c2cccs2)sc2c3ccccc3ccc21. The molecular weight excluding hydrogens is 360 g/mol. The number of allylic oxidation sites excluding steroid dienone is 1. The minimum Gasteiger partial charge on any atom is -0.312 e.